The Morgan fingerprint density at radius 3 is 2.57 bits per heavy atom. The molecule has 1 N–H and O–H groups in total. The second-order valence-corrected chi connectivity index (χ2v) is 6.06. The summed E-state index contributed by atoms with van der Waals surface area (Å²) in [5, 5.41) is 4.00. The number of hydrogen-bond donors (Lipinski definition) is 1. The summed E-state index contributed by atoms with van der Waals surface area (Å²) in [7, 11) is 0. The molecule has 0 unspecified atom stereocenters. The third-order valence-corrected chi connectivity index (χ3v) is 4.14. The second-order valence-electron chi connectivity index (χ2n) is 5.22. The van der Waals surface area contributed by atoms with Crippen molar-refractivity contribution in [1.82, 2.24) is 5.32 Å². The van der Waals surface area contributed by atoms with Crippen molar-refractivity contribution in [3.8, 4) is 11.5 Å². The molecule has 0 bridgehead atoms. The largest absolute Gasteiger partial charge is 0.486 e. The van der Waals surface area contributed by atoms with Gasteiger partial charge >= 0.3 is 0 Å². The molecule has 0 aliphatic carbocycles. The topological polar surface area (TPSA) is 47.6 Å². The zero-order valence-electron chi connectivity index (χ0n) is 12.4. The zero-order chi connectivity index (χ0) is 16.4. The predicted molar refractivity (Wildman–Crippen MR) is 89.8 cm³/mol. The summed E-state index contributed by atoms with van der Waals surface area (Å²) in [5.41, 5.74) is 1.31. The van der Waals surface area contributed by atoms with Gasteiger partial charge in [0, 0.05) is 15.6 Å². The molecule has 2 aromatic carbocycles. The first-order valence-electron chi connectivity index (χ1n) is 7.20. The van der Waals surface area contributed by atoms with Crippen molar-refractivity contribution in [3.05, 3.63) is 57.6 Å². The highest BCUT2D eigenvalue weighted by Gasteiger charge is 2.17. The van der Waals surface area contributed by atoms with Gasteiger partial charge in [0.1, 0.15) is 13.2 Å². The van der Waals surface area contributed by atoms with Crippen LogP contribution in [-0.2, 0) is 0 Å². The van der Waals surface area contributed by atoms with E-state index in [0.717, 1.165) is 5.56 Å². The molecule has 6 heteroatoms. The maximum absolute atomic E-state index is 12.4. The minimum absolute atomic E-state index is 0.208. The molecule has 1 aliphatic rings. The van der Waals surface area contributed by atoms with Gasteiger partial charge in [-0.3, -0.25) is 4.79 Å². The first kappa shape index (κ1) is 16.0. The lowest BCUT2D eigenvalue weighted by atomic mass is 10.1. The van der Waals surface area contributed by atoms with Gasteiger partial charge in [0.25, 0.3) is 5.91 Å². The van der Waals surface area contributed by atoms with E-state index in [9.17, 15) is 4.79 Å². The molecule has 1 atom stereocenters. The Morgan fingerprint density at radius 2 is 1.83 bits per heavy atom. The number of hydrogen-bond acceptors (Lipinski definition) is 3. The fraction of sp³-hybridized carbons (Fsp3) is 0.235. The summed E-state index contributed by atoms with van der Waals surface area (Å²) in [5.74, 6) is 1.03. The second kappa shape index (κ2) is 6.69. The molecule has 3 rings (SSSR count). The molecule has 1 heterocycles. The SMILES string of the molecule is C[C@H](NC(=O)c1ccc2c(c1)OCCO2)c1ccc(Cl)cc1Cl. The molecule has 0 saturated carbocycles. The molecule has 0 radical (unpaired) electrons. The lowest BCUT2D eigenvalue weighted by molar-refractivity contribution is 0.0938. The number of ether oxygens (including phenoxy) is 2. The number of benzene rings is 2. The van der Waals surface area contributed by atoms with Crippen LogP contribution in [0.1, 0.15) is 28.9 Å². The molecule has 0 aromatic heterocycles. The number of carbonyl (C=O) groups excluding carboxylic acids is 1. The van der Waals surface area contributed by atoms with Crippen molar-refractivity contribution < 1.29 is 14.3 Å². The molecule has 120 valence electrons. The van der Waals surface area contributed by atoms with Gasteiger partial charge in [0.2, 0.25) is 0 Å². The van der Waals surface area contributed by atoms with Crippen LogP contribution in [0.25, 0.3) is 0 Å². The third kappa shape index (κ3) is 3.54. The first-order chi connectivity index (χ1) is 11.0. The molecular formula is C17H15Cl2NO3. The monoisotopic (exact) mass is 351 g/mol. The molecule has 1 aliphatic heterocycles. The lowest BCUT2D eigenvalue weighted by Crippen LogP contribution is -2.27. The number of halogens is 2. The Morgan fingerprint density at radius 1 is 1.09 bits per heavy atom. The number of nitrogens with one attached hydrogen (secondary N) is 1. The Labute approximate surface area is 144 Å². The van der Waals surface area contributed by atoms with Gasteiger partial charge in [0.15, 0.2) is 11.5 Å². The predicted octanol–water partition coefficient (Wildman–Crippen LogP) is 4.26. The van der Waals surface area contributed by atoms with Crippen LogP contribution in [0.5, 0.6) is 11.5 Å². The molecule has 23 heavy (non-hydrogen) atoms. The number of amides is 1. The van der Waals surface area contributed by atoms with Gasteiger partial charge in [-0.1, -0.05) is 29.3 Å². The quantitative estimate of drug-likeness (QED) is 0.898. The normalized spacial score (nSPS) is 14.2. The minimum Gasteiger partial charge on any atom is -0.486 e. The van der Waals surface area contributed by atoms with Crippen LogP contribution in [0, 0.1) is 0 Å². The van der Waals surface area contributed by atoms with Crippen molar-refractivity contribution in [2.24, 2.45) is 0 Å². The number of rotatable bonds is 3. The Kier molecular flexibility index (Phi) is 4.64. The van der Waals surface area contributed by atoms with E-state index in [-0.39, 0.29) is 11.9 Å². The molecule has 0 saturated heterocycles. The zero-order valence-corrected chi connectivity index (χ0v) is 13.9. The molecule has 4 nitrogen and oxygen atoms in total. The first-order valence-corrected chi connectivity index (χ1v) is 7.95. The van der Waals surface area contributed by atoms with Gasteiger partial charge in [-0.25, -0.2) is 0 Å². The van der Waals surface area contributed by atoms with Crippen molar-refractivity contribution in [3.63, 3.8) is 0 Å². The summed E-state index contributed by atoms with van der Waals surface area (Å²) in [6, 6.07) is 10.1. The standard InChI is InChI=1S/C17H15Cl2NO3/c1-10(13-4-3-12(18)9-14(13)19)20-17(21)11-2-5-15-16(8-11)23-7-6-22-15/h2-5,8-10H,6-7H2,1H3,(H,20,21)/t10-/m0/s1. The molecule has 0 fully saturated rings. The van der Waals surface area contributed by atoms with Gasteiger partial charge in [0.05, 0.1) is 6.04 Å². The third-order valence-electron chi connectivity index (χ3n) is 3.58. The van der Waals surface area contributed by atoms with E-state index in [4.69, 9.17) is 32.7 Å². The van der Waals surface area contributed by atoms with E-state index in [2.05, 4.69) is 5.32 Å². The van der Waals surface area contributed by atoms with E-state index in [1.165, 1.54) is 0 Å². The molecule has 2 aromatic rings. The Bertz CT molecular complexity index is 749. The summed E-state index contributed by atoms with van der Waals surface area (Å²) in [6.07, 6.45) is 0. The van der Waals surface area contributed by atoms with Crippen molar-refractivity contribution in [2.45, 2.75) is 13.0 Å². The van der Waals surface area contributed by atoms with Crippen LogP contribution in [0.4, 0.5) is 0 Å². The van der Waals surface area contributed by atoms with Crippen molar-refractivity contribution >= 4 is 29.1 Å². The Balaban J connectivity index is 1.76. The van der Waals surface area contributed by atoms with E-state index >= 15 is 0 Å². The van der Waals surface area contributed by atoms with Crippen LogP contribution in [0.3, 0.4) is 0 Å². The van der Waals surface area contributed by atoms with E-state index < -0.39 is 0 Å². The minimum atomic E-state index is -0.250. The van der Waals surface area contributed by atoms with Crippen LogP contribution in [-0.4, -0.2) is 19.1 Å². The average molecular weight is 352 g/mol. The van der Waals surface area contributed by atoms with E-state index in [0.29, 0.717) is 40.3 Å². The molecular weight excluding hydrogens is 337 g/mol. The van der Waals surface area contributed by atoms with Crippen LogP contribution >= 0.6 is 23.2 Å². The maximum Gasteiger partial charge on any atom is 0.251 e. The van der Waals surface area contributed by atoms with Gasteiger partial charge < -0.3 is 14.8 Å². The summed E-state index contributed by atoms with van der Waals surface area (Å²) in [4.78, 5) is 12.4. The fourth-order valence-electron chi connectivity index (χ4n) is 2.39. The Hall–Kier alpha value is -1.91. The number of carbonyl (C=O) groups is 1. The van der Waals surface area contributed by atoms with Crippen molar-refractivity contribution in [2.75, 3.05) is 13.2 Å². The highest BCUT2D eigenvalue weighted by Crippen LogP contribution is 2.31. The lowest BCUT2D eigenvalue weighted by Gasteiger charge is -2.20. The summed E-state index contributed by atoms with van der Waals surface area (Å²) >= 11 is 12.1. The average Bonchev–Trinajstić information content (AvgIpc) is 2.54. The highest BCUT2D eigenvalue weighted by molar-refractivity contribution is 6.35. The molecule has 0 spiro atoms. The fourth-order valence-corrected chi connectivity index (χ4v) is 2.97. The van der Waals surface area contributed by atoms with Crippen molar-refractivity contribution in [1.29, 1.82) is 0 Å². The van der Waals surface area contributed by atoms with Crippen LogP contribution < -0.4 is 14.8 Å². The van der Waals surface area contributed by atoms with Gasteiger partial charge in [-0.15, -0.1) is 0 Å². The van der Waals surface area contributed by atoms with Gasteiger partial charge in [-0.05, 0) is 42.8 Å². The van der Waals surface area contributed by atoms with E-state index in [1.807, 2.05) is 6.92 Å². The summed E-state index contributed by atoms with van der Waals surface area (Å²) < 4.78 is 10.9. The van der Waals surface area contributed by atoms with E-state index in [1.54, 1.807) is 36.4 Å². The summed E-state index contributed by atoms with van der Waals surface area (Å²) in [6.45, 7) is 2.87. The van der Waals surface area contributed by atoms with Crippen LogP contribution in [0.2, 0.25) is 10.0 Å². The smallest absolute Gasteiger partial charge is 0.251 e. The molecule has 1 amide bonds. The van der Waals surface area contributed by atoms with Crippen LogP contribution in [0.15, 0.2) is 36.4 Å². The highest BCUT2D eigenvalue weighted by atomic mass is 35.5. The van der Waals surface area contributed by atoms with Gasteiger partial charge in [-0.2, -0.15) is 0 Å². The maximum atomic E-state index is 12.4. The number of fused-ring (bicyclic) bond motifs is 1.